The number of rotatable bonds is 6. The zero-order valence-corrected chi connectivity index (χ0v) is 13.0. The summed E-state index contributed by atoms with van der Waals surface area (Å²) in [4.78, 5) is 2.46. The first-order chi connectivity index (χ1) is 9.61. The largest absolute Gasteiger partial charge is 0.377 e. The van der Waals surface area contributed by atoms with Crippen molar-refractivity contribution in [2.75, 3.05) is 19.7 Å². The Hall–Kier alpha value is -0.910. The Morgan fingerprint density at radius 3 is 2.95 bits per heavy atom. The third-order valence-electron chi connectivity index (χ3n) is 3.93. The summed E-state index contributed by atoms with van der Waals surface area (Å²) in [6.07, 6.45) is 7.78. The highest BCUT2D eigenvalue weighted by Gasteiger charge is 2.30. The van der Waals surface area contributed by atoms with Crippen molar-refractivity contribution in [2.24, 2.45) is 12.8 Å². The third-order valence-corrected chi connectivity index (χ3v) is 3.93. The number of nitrogens with zero attached hydrogens (tertiary/aromatic N) is 3. The Labute approximate surface area is 122 Å². The van der Waals surface area contributed by atoms with Crippen molar-refractivity contribution in [2.45, 2.75) is 51.3 Å². The maximum atomic E-state index is 6.23. The Morgan fingerprint density at radius 1 is 1.55 bits per heavy atom. The molecule has 2 N–H and O–H groups in total. The molecular weight excluding hydrogens is 252 g/mol. The minimum absolute atomic E-state index is 0.0872. The monoisotopic (exact) mass is 280 g/mol. The number of likely N-dealkylation sites (tertiary alicyclic amines) is 1. The first kappa shape index (κ1) is 15.5. The quantitative estimate of drug-likeness (QED) is 0.861. The molecule has 20 heavy (non-hydrogen) atoms. The molecule has 2 heterocycles. The van der Waals surface area contributed by atoms with Crippen LogP contribution in [0.5, 0.6) is 0 Å². The molecule has 1 aliphatic heterocycles. The van der Waals surface area contributed by atoms with E-state index in [1.165, 1.54) is 12.0 Å². The normalized spacial score (nSPS) is 23.7. The van der Waals surface area contributed by atoms with Gasteiger partial charge in [0.1, 0.15) is 0 Å². The average molecular weight is 280 g/mol. The standard InChI is InChI=1S/C15H28N4O/c1-4-8-20-14-6-5-7-19(11-14)15(12(2)16)13-9-17-18(3)10-13/h9-10,12,14-15H,4-8,11,16H2,1-3H3. The van der Waals surface area contributed by atoms with Crippen LogP contribution in [-0.2, 0) is 11.8 Å². The number of aryl methyl sites for hydroxylation is 1. The molecule has 0 saturated carbocycles. The number of ether oxygens (including phenoxy) is 1. The van der Waals surface area contributed by atoms with Crippen molar-refractivity contribution < 1.29 is 4.74 Å². The van der Waals surface area contributed by atoms with Gasteiger partial charge in [0.2, 0.25) is 0 Å². The van der Waals surface area contributed by atoms with Gasteiger partial charge in [0.05, 0.1) is 18.3 Å². The molecule has 1 saturated heterocycles. The van der Waals surface area contributed by atoms with E-state index >= 15 is 0 Å². The molecule has 1 aromatic heterocycles. The molecule has 5 nitrogen and oxygen atoms in total. The molecule has 1 aliphatic rings. The fourth-order valence-corrected chi connectivity index (χ4v) is 3.08. The van der Waals surface area contributed by atoms with Gasteiger partial charge in [0, 0.05) is 38.0 Å². The van der Waals surface area contributed by atoms with Gasteiger partial charge in [-0.2, -0.15) is 5.10 Å². The molecule has 1 aromatic rings. The maximum Gasteiger partial charge on any atom is 0.0702 e. The highest BCUT2D eigenvalue weighted by Crippen LogP contribution is 2.27. The number of piperidine rings is 1. The molecule has 0 bridgehead atoms. The lowest BCUT2D eigenvalue weighted by atomic mass is 9.98. The van der Waals surface area contributed by atoms with Gasteiger partial charge in [-0.15, -0.1) is 0 Å². The Bertz CT molecular complexity index is 404. The molecular formula is C15H28N4O. The van der Waals surface area contributed by atoms with E-state index in [9.17, 15) is 0 Å². The van der Waals surface area contributed by atoms with E-state index in [1.807, 2.05) is 17.9 Å². The molecule has 0 amide bonds. The Morgan fingerprint density at radius 2 is 2.35 bits per heavy atom. The summed E-state index contributed by atoms with van der Waals surface area (Å²) >= 11 is 0. The van der Waals surface area contributed by atoms with E-state index in [4.69, 9.17) is 10.5 Å². The fourth-order valence-electron chi connectivity index (χ4n) is 3.08. The molecule has 2 rings (SSSR count). The van der Waals surface area contributed by atoms with Crippen LogP contribution in [0.2, 0.25) is 0 Å². The van der Waals surface area contributed by atoms with Crippen LogP contribution in [-0.4, -0.2) is 46.5 Å². The minimum atomic E-state index is 0.0872. The second-order valence-electron chi connectivity index (χ2n) is 5.88. The number of aromatic nitrogens is 2. The van der Waals surface area contributed by atoms with Crippen molar-refractivity contribution in [1.29, 1.82) is 0 Å². The molecule has 3 atom stereocenters. The molecule has 0 aliphatic carbocycles. The number of nitrogens with two attached hydrogens (primary N) is 1. The van der Waals surface area contributed by atoms with Crippen molar-refractivity contribution in [3.63, 3.8) is 0 Å². The van der Waals surface area contributed by atoms with Crippen LogP contribution in [0, 0.1) is 0 Å². The van der Waals surface area contributed by atoms with Crippen LogP contribution in [0.15, 0.2) is 12.4 Å². The lowest BCUT2D eigenvalue weighted by Gasteiger charge is -2.39. The lowest BCUT2D eigenvalue weighted by molar-refractivity contribution is -0.0155. The van der Waals surface area contributed by atoms with Gasteiger partial charge in [-0.05, 0) is 32.7 Å². The summed E-state index contributed by atoms with van der Waals surface area (Å²) < 4.78 is 7.78. The Kier molecular flexibility index (Phi) is 5.57. The molecule has 0 spiro atoms. The summed E-state index contributed by atoms with van der Waals surface area (Å²) in [6.45, 7) is 7.15. The highest BCUT2D eigenvalue weighted by molar-refractivity contribution is 5.13. The van der Waals surface area contributed by atoms with Crippen molar-refractivity contribution in [1.82, 2.24) is 14.7 Å². The van der Waals surface area contributed by atoms with E-state index in [0.29, 0.717) is 6.10 Å². The summed E-state index contributed by atoms with van der Waals surface area (Å²) in [7, 11) is 1.95. The fraction of sp³-hybridized carbons (Fsp3) is 0.800. The first-order valence-electron chi connectivity index (χ1n) is 7.71. The third kappa shape index (κ3) is 3.81. The highest BCUT2D eigenvalue weighted by atomic mass is 16.5. The second-order valence-corrected chi connectivity index (χ2v) is 5.88. The average Bonchev–Trinajstić information content (AvgIpc) is 2.83. The number of hydrogen-bond donors (Lipinski definition) is 1. The van der Waals surface area contributed by atoms with Crippen LogP contribution in [0.3, 0.4) is 0 Å². The lowest BCUT2D eigenvalue weighted by Crippen LogP contribution is -2.46. The van der Waals surface area contributed by atoms with E-state index in [-0.39, 0.29) is 12.1 Å². The van der Waals surface area contributed by atoms with Gasteiger partial charge in [-0.3, -0.25) is 9.58 Å². The second kappa shape index (κ2) is 7.20. The van der Waals surface area contributed by atoms with Gasteiger partial charge in [-0.25, -0.2) is 0 Å². The van der Waals surface area contributed by atoms with Crippen molar-refractivity contribution in [3.8, 4) is 0 Å². The maximum absolute atomic E-state index is 6.23. The molecule has 0 radical (unpaired) electrons. The van der Waals surface area contributed by atoms with E-state index in [0.717, 1.165) is 32.5 Å². The Balaban J connectivity index is 2.05. The van der Waals surface area contributed by atoms with E-state index in [2.05, 4.69) is 30.0 Å². The van der Waals surface area contributed by atoms with Gasteiger partial charge < -0.3 is 10.5 Å². The summed E-state index contributed by atoms with van der Waals surface area (Å²) in [5, 5.41) is 4.29. The van der Waals surface area contributed by atoms with Gasteiger partial charge in [0.25, 0.3) is 0 Å². The van der Waals surface area contributed by atoms with E-state index < -0.39 is 0 Å². The van der Waals surface area contributed by atoms with Crippen LogP contribution < -0.4 is 5.73 Å². The summed E-state index contributed by atoms with van der Waals surface area (Å²) in [5.41, 5.74) is 7.44. The van der Waals surface area contributed by atoms with Crippen LogP contribution in [0.4, 0.5) is 0 Å². The van der Waals surface area contributed by atoms with E-state index in [1.54, 1.807) is 0 Å². The van der Waals surface area contributed by atoms with Gasteiger partial charge in [0.15, 0.2) is 0 Å². The van der Waals surface area contributed by atoms with Crippen LogP contribution in [0.25, 0.3) is 0 Å². The SMILES string of the molecule is CCCOC1CCCN(C(c2cnn(C)c2)C(C)N)C1. The smallest absolute Gasteiger partial charge is 0.0702 e. The topological polar surface area (TPSA) is 56.3 Å². The number of hydrogen-bond acceptors (Lipinski definition) is 4. The molecule has 0 aromatic carbocycles. The summed E-state index contributed by atoms with van der Waals surface area (Å²) in [5.74, 6) is 0. The molecule has 5 heteroatoms. The predicted molar refractivity (Wildman–Crippen MR) is 80.4 cm³/mol. The molecule has 3 unspecified atom stereocenters. The predicted octanol–water partition coefficient (Wildman–Crippen LogP) is 1.70. The summed E-state index contributed by atoms with van der Waals surface area (Å²) in [6, 6.07) is 0.320. The molecule has 114 valence electrons. The van der Waals surface area contributed by atoms with Crippen LogP contribution >= 0.6 is 0 Å². The van der Waals surface area contributed by atoms with Gasteiger partial charge >= 0.3 is 0 Å². The zero-order chi connectivity index (χ0) is 14.5. The zero-order valence-electron chi connectivity index (χ0n) is 13.0. The van der Waals surface area contributed by atoms with Crippen molar-refractivity contribution >= 4 is 0 Å². The minimum Gasteiger partial charge on any atom is -0.377 e. The first-order valence-corrected chi connectivity index (χ1v) is 7.71. The van der Waals surface area contributed by atoms with Crippen LogP contribution in [0.1, 0.15) is 44.7 Å². The molecule has 1 fully saturated rings. The van der Waals surface area contributed by atoms with Gasteiger partial charge in [-0.1, -0.05) is 6.92 Å². The van der Waals surface area contributed by atoms with Crippen molar-refractivity contribution in [3.05, 3.63) is 18.0 Å².